The van der Waals surface area contributed by atoms with Crippen LogP contribution in [0.5, 0.6) is 0 Å². The molecule has 0 bridgehead atoms. The fraction of sp³-hybridized carbons (Fsp3) is 1.00. The van der Waals surface area contributed by atoms with Crippen LogP contribution in [0.15, 0.2) is 0 Å². The van der Waals surface area contributed by atoms with Crippen molar-refractivity contribution in [2.45, 2.75) is 13.3 Å². The van der Waals surface area contributed by atoms with Gasteiger partial charge >= 0.3 is 0 Å². The Labute approximate surface area is 52.2 Å². The second-order valence-electron chi connectivity index (χ2n) is 1.55. The molecule has 0 rings (SSSR count). The monoisotopic (exact) mass is 139 g/mol. The summed E-state index contributed by atoms with van der Waals surface area (Å²) in [6.07, 6.45) is -2.04. The van der Waals surface area contributed by atoms with Crippen molar-refractivity contribution in [2.75, 3.05) is 12.4 Å². The molecule has 0 saturated carbocycles. The standard InChI is InChI=1S/C4H12NO2P/c1-2-3-8(6,7)4-5/h2-5H2,1H3,(H,6,7)/i4D2. The van der Waals surface area contributed by atoms with Gasteiger partial charge < -0.3 is 10.6 Å². The minimum atomic E-state index is -3.77. The Hall–Kier alpha value is 0.150. The molecule has 3 N–H and O–H groups in total. The lowest BCUT2D eigenvalue weighted by Crippen LogP contribution is -2.02. The number of rotatable bonds is 3. The fourth-order valence-electron chi connectivity index (χ4n) is 0.368. The zero-order chi connectivity index (χ0) is 8.41. The maximum atomic E-state index is 10.9. The summed E-state index contributed by atoms with van der Waals surface area (Å²) >= 11 is 0. The van der Waals surface area contributed by atoms with Crippen LogP contribution in [-0.2, 0) is 4.57 Å². The molecular formula is C4H12NO2P. The van der Waals surface area contributed by atoms with Gasteiger partial charge in [-0.2, -0.15) is 0 Å². The first kappa shape index (κ1) is 4.98. The predicted molar refractivity (Wildman–Crippen MR) is 34.0 cm³/mol. The summed E-state index contributed by atoms with van der Waals surface area (Å²) in [7, 11) is -3.77. The zero-order valence-corrected chi connectivity index (χ0v) is 5.69. The molecule has 0 aliphatic carbocycles. The Kier molecular flexibility index (Phi) is 2.01. The minimum absolute atomic E-state index is 0.0590. The molecule has 0 heterocycles. The quantitative estimate of drug-likeness (QED) is 0.562. The smallest absolute Gasteiger partial charge is 0.213 e. The van der Waals surface area contributed by atoms with Crippen molar-refractivity contribution in [1.82, 2.24) is 0 Å². The third-order valence-corrected chi connectivity index (χ3v) is 2.19. The lowest BCUT2D eigenvalue weighted by atomic mass is 10.6. The van der Waals surface area contributed by atoms with Crippen LogP contribution in [0.4, 0.5) is 0 Å². The van der Waals surface area contributed by atoms with Crippen LogP contribution in [0.1, 0.15) is 16.1 Å². The summed E-state index contributed by atoms with van der Waals surface area (Å²) in [4.78, 5) is 8.91. The van der Waals surface area contributed by atoms with E-state index in [0.29, 0.717) is 6.42 Å². The summed E-state index contributed by atoms with van der Waals surface area (Å²) in [6, 6.07) is 0. The highest BCUT2D eigenvalue weighted by Crippen LogP contribution is 2.37. The molecule has 0 spiro atoms. The van der Waals surface area contributed by atoms with E-state index in [2.05, 4.69) is 0 Å². The van der Waals surface area contributed by atoms with Crippen LogP contribution in [0.25, 0.3) is 0 Å². The molecule has 1 atom stereocenters. The van der Waals surface area contributed by atoms with Crippen molar-refractivity contribution in [3.8, 4) is 0 Å². The van der Waals surface area contributed by atoms with Gasteiger partial charge in [-0.3, -0.25) is 4.57 Å². The normalized spacial score (nSPS) is 23.4. The van der Waals surface area contributed by atoms with Crippen molar-refractivity contribution in [3.05, 3.63) is 0 Å². The van der Waals surface area contributed by atoms with Crippen molar-refractivity contribution >= 4 is 7.37 Å². The molecule has 0 amide bonds. The van der Waals surface area contributed by atoms with Gasteiger partial charge in [0, 0.05) is 6.16 Å². The van der Waals surface area contributed by atoms with Gasteiger partial charge in [0.1, 0.15) is 0 Å². The molecule has 0 aliphatic rings. The van der Waals surface area contributed by atoms with Gasteiger partial charge in [-0.05, 0) is 6.42 Å². The molecule has 0 aromatic heterocycles. The number of hydrogen-bond acceptors (Lipinski definition) is 2. The van der Waals surface area contributed by atoms with E-state index in [0.717, 1.165) is 0 Å². The average Bonchev–Trinajstić information content (AvgIpc) is 1.61. The Bertz CT molecular complexity index is 156. The van der Waals surface area contributed by atoms with Crippen LogP contribution in [-0.4, -0.2) is 17.3 Å². The minimum Gasteiger partial charge on any atom is -0.343 e. The van der Waals surface area contributed by atoms with Crippen molar-refractivity contribution in [3.63, 3.8) is 0 Å². The van der Waals surface area contributed by atoms with Gasteiger partial charge in [-0.25, -0.2) is 0 Å². The van der Waals surface area contributed by atoms with E-state index in [1.165, 1.54) is 0 Å². The van der Waals surface area contributed by atoms with Crippen molar-refractivity contribution < 1.29 is 12.2 Å². The maximum Gasteiger partial charge on any atom is 0.213 e. The second kappa shape index (κ2) is 3.23. The Morgan fingerprint density at radius 3 is 2.62 bits per heavy atom. The molecule has 0 aromatic rings. The van der Waals surface area contributed by atoms with Gasteiger partial charge in [0.2, 0.25) is 7.37 Å². The Balaban J connectivity index is 4.26. The van der Waals surface area contributed by atoms with E-state index in [4.69, 9.17) is 13.4 Å². The first-order valence-corrected chi connectivity index (χ1v) is 4.26. The van der Waals surface area contributed by atoms with Crippen molar-refractivity contribution in [1.29, 1.82) is 0 Å². The van der Waals surface area contributed by atoms with Crippen LogP contribution in [0.2, 0.25) is 0 Å². The first-order chi connectivity index (χ1) is 4.31. The topological polar surface area (TPSA) is 63.3 Å². The lowest BCUT2D eigenvalue weighted by Gasteiger charge is -2.04. The molecule has 0 radical (unpaired) electrons. The van der Waals surface area contributed by atoms with Crippen LogP contribution < -0.4 is 5.73 Å². The third kappa shape index (κ3) is 3.19. The van der Waals surface area contributed by atoms with Gasteiger partial charge in [-0.15, -0.1) is 0 Å². The van der Waals surface area contributed by atoms with Gasteiger partial charge in [0.05, 0.1) is 8.98 Å². The highest BCUT2D eigenvalue weighted by Gasteiger charge is 2.11. The maximum absolute atomic E-state index is 10.9. The number of nitrogens with two attached hydrogens (primary N) is 1. The zero-order valence-electron chi connectivity index (χ0n) is 6.79. The van der Waals surface area contributed by atoms with E-state index in [-0.39, 0.29) is 6.16 Å². The molecule has 3 nitrogen and oxygen atoms in total. The van der Waals surface area contributed by atoms with E-state index in [9.17, 15) is 4.57 Å². The van der Waals surface area contributed by atoms with Crippen molar-refractivity contribution in [2.24, 2.45) is 5.73 Å². The molecule has 50 valence electrons. The molecule has 0 fully saturated rings. The lowest BCUT2D eigenvalue weighted by molar-refractivity contribution is 0.477. The van der Waals surface area contributed by atoms with E-state index >= 15 is 0 Å². The fourth-order valence-corrected chi connectivity index (χ4v) is 1.10. The Morgan fingerprint density at radius 2 is 2.50 bits per heavy atom. The average molecular weight is 139 g/mol. The van der Waals surface area contributed by atoms with Crippen LogP contribution in [0.3, 0.4) is 0 Å². The first-order valence-electron chi connectivity index (χ1n) is 3.42. The van der Waals surface area contributed by atoms with Crippen LogP contribution in [0, 0.1) is 0 Å². The largest absolute Gasteiger partial charge is 0.343 e. The summed E-state index contributed by atoms with van der Waals surface area (Å²) in [6.45, 7) is 1.70. The molecule has 0 saturated heterocycles. The highest BCUT2D eigenvalue weighted by molar-refractivity contribution is 7.57. The number of hydrogen-bond donors (Lipinski definition) is 2. The Morgan fingerprint density at radius 1 is 2.00 bits per heavy atom. The van der Waals surface area contributed by atoms with E-state index in [1.54, 1.807) is 6.92 Å². The SMILES string of the molecule is [2H]C([2H])(N)P(=O)(O)CCC. The molecule has 0 aromatic carbocycles. The third-order valence-electron chi connectivity index (χ3n) is 0.728. The summed E-state index contributed by atoms with van der Waals surface area (Å²) in [5.74, 6) is 0. The predicted octanol–water partition coefficient (Wildman–Crippen LogP) is 0.583. The van der Waals surface area contributed by atoms with Gasteiger partial charge in [0.25, 0.3) is 0 Å². The highest BCUT2D eigenvalue weighted by atomic mass is 31.2. The molecule has 8 heavy (non-hydrogen) atoms. The molecule has 0 aliphatic heterocycles. The van der Waals surface area contributed by atoms with Gasteiger partial charge in [-0.1, -0.05) is 6.92 Å². The molecule has 4 heteroatoms. The van der Waals surface area contributed by atoms with E-state index < -0.39 is 13.6 Å². The van der Waals surface area contributed by atoms with E-state index in [1.807, 2.05) is 0 Å². The molecule has 1 unspecified atom stereocenters. The summed E-state index contributed by atoms with van der Waals surface area (Å²) < 4.78 is 24.4. The van der Waals surface area contributed by atoms with Crippen LogP contribution >= 0.6 is 7.37 Å². The summed E-state index contributed by atoms with van der Waals surface area (Å²) in [5, 5.41) is 0. The molecular weight excluding hydrogens is 125 g/mol. The van der Waals surface area contributed by atoms with Gasteiger partial charge in [0.15, 0.2) is 0 Å². The second-order valence-corrected chi connectivity index (χ2v) is 3.66. The summed E-state index contributed by atoms with van der Waals surface area (Å²) in [5.41, 5.74) is 4.82.